The number of rotatable bonds is 2. The lowest BCUT2D eigenvalue weighted by Crippen LogP contribution is -2.55. The molecular weight excluding hydrogens is 272 g/mol. The summed E-state index contributed by atoms with van der Waals surface area (Å²) in [6.45, 7) is 6.02. The van der Waals surface area contributed by atoms with Crippen molar-refractivity contribution in [2.45, 2.75) is 32.2 Å². The van der Waals surface area contributed by atoms with Gasteiger partial charge in [0, 0.05) is 31.2 Å². The maximum atomic E-state index is 11.4. The number of nitrogens with zero attached hydrogens (tertiary/aromatic N) is 2. The number of carbonyl (C=O) groups is 1. The van der Waals surface area contributed by atoms with Gasteiger partial charge in [0.2, 0.25) is 0 Å². The van der Waals surface area contributed by atoms with E-state index in [1.165, 1.54) is 25.8 Å². The minimum atomic E-state index is 0.0653. The van der Waals surface area contributed by atoms with Crippen molar-refractivity contribution in [1.82, 2.24) is 4.90 Å². The molecule has 2 heterocycles. The Morgan fingerprint density at radius 2 is 2.10 bits per heavy atom. The third-order valence-electron chi connectivity index (χ3n) is 4.53. The number of hydrogen-bond donors (Lipinski definition) is 0. The number of Topliss-reactive ketones (excluding diaryl/α,β-unsaturated/α-hetero) is 1. The van der Waals surface area contributed by atoms with Crippen LogP contribution in [-0.2, 0) is 0 Å². The van der Waals surface area contributed by atoms with Gasteiger partial charge in [-0.3, -0.25) is 9.69 Å². The Morgan fingerprint density at radius 1 is 1.25 bits per heavy atom. The van der Waals surface area contributed by atoms with Crippen molar-refractivity contribution in [2.75, 3.05) is 31.1 Å². The summed E-state index contributed by atoms with van der Waals surface area (Å²) in [5, 5.41) is 0.696. The first-order valence-corrected chi connectivity index (χ1v) is 7.82. The number of carbonyl (C=O) groups excluding carboxylic acids is 1. The molecule has 108 valence electrons. The summed E-state index contributed by atoms with van der Waals surface area (Å²) < 4.78 is 0. The number of anilines is 1. The van der Waals surface area contributed by atoms with Crippen LogP contribution in [0.1, 0.15) is 36.5 Å². The first kappa shape index (κ1) is 13.9. The van der Waals surface area contributed by atoms with Gasteiger partial charge in [0.05, 0.1) is 10.7 Å². The van der Waals surface area contributed by atoms with E-state index in [1.807, 2.05) is 12.1 Å². The van der Waals surface area contributed by atoms with Crippen LogP contribution in [0.25, 0.3) is 0 Å². The molecule has 0 spiro atoms. The summed E-state index contributed by atoms with van der Waals surface area (Å²) in [6.07, 6.45) is 3.97. The first-order chi connectivity index (χ1) is 9.65. The van der Waals surface area contributed by atoms with E-state index >= 15 is 0 Å². The zero-order valence-electron chi connectivity index (χ0n) is 11.9. The van der Waals surface area contributed by atoms with Crippen LogP contribution in [0.2, 0.25) is 5.02 Å². The monoisotopic (exact) mass is 292 g/mol. The van der Waals surface area contributed by atoms with Gasteiger partial charge in [-0.25, -0.2) is 0 Å². The number of ketones is 1. The zero-order chi connectivity index (χ0) is 14.1. The fraction of sp³-hybridized carbons (Fsp3) is 0.562. The number of piperazine rings is 1. The van der Waals surface area contributed by atoms with Crippen LogP contribution in [0.3, 0.4) is 0 Å². The van der Waals surface area contributed by atoms with Crippen molar-refractivity contribution in [3.05, 3.63) is 28.8 Å². The minimum Gasteiger partial charge on any atom is -0.367 e. The molecule has 4 heteroatoms. The second-order valence-corrected chi connectivity index (χ2v) is 6.26. The molecule has 0 radical (unpaired) electrons. The molecule has 0 bridgehead atoms. The van der Waals surface area contributed by atoms with E-state index in [9.17, 15) is 4.79 Å². The van der Waals surface area contributed by atoms with Crippen LogP contribution in [0.15, 0.2) is 18.2 Å². The summed E-state index contributed by atoms with van der Waals surface area (Å²) in [5.74, 6) is 0.0653. The van der Waals surface area contributed by atoms with Crippen LogP contribution < -0.4 is 4.90 Å². The van der Waals surface area contributed by atoms with E-state index in [2.05, 4.69) is 9.80 Å². The predicted octanol–water partition coefficient (Wildman–Crippen LogP) is 3.22. The maximum absolute atomic E-state index is 11.4. The Morgan fingerprint density at radius 3 is 2.85 bits per heavy atom. The summed E-state index contributed by atoms with van der Waals surface area (Å²) in [7, 11) is 0. The molecule has 0 N–H and O–H groups in total. The molecule has 0 aromatic heterocycles. The highest BCUT2D eigenvalue weighted by Crippen LogP contribution is 2.30. The average molecular weight is 293 g/mol. The number of piperidine rings is 1. The van der Waals surface area contributed by atoms with Crippen LogP contribution >= 0.6 is 11.6 Å². The fourth-order valence-electron chi connectivity index (χ4n) is 3.36. The molecule has 2 aliphatic heterocycles. The highest BCUT2D eigenvalue weighted by molar-refractivity contribution is 6.33. The zero-order valence-corrected chi connectivity index (χ0v) is 12.7. The van der Waals surface area contributed by atoms with Gasteiger partial charge in [0.25, 0.3) is 0 Å². The smallest absolute Gasteiger partial charge is 0.159 e. The molecule has 2 saturated heterocycles. The van der Waals surface area contributed by atoms with Crippen molar-refractivity contribution in [3.63, 3.8) is 0 Å². The Balaban J connectivity index is 1.78. The third kappa shape index (κ3) is 2.70. The molecule has 1 unspecified atom stereocenters. The number of hydrogen-bond acceptors (Lipinski definition) is 3. The lowest BCUT2D eigenvalue weighted by atomic mass is 9.99. The van der Waals surface area contributed by atoms with Crippen LogP contribution in [0.5, 0.6) is 0 Å². The topological polar surface area (TPSA) is 23.6 Å². The van der Waals surface area contributed by atoms with Crippen molar-refractivity contribution >= 4 is 23.1 Å². The van der Waals surface area contributed by atoms with Gasteiger partial charge < -0.3 is 4.90 Å². The molecule has 1 aromatic rings. The molecule has 1 atom stereocenters. The molecule has 0 amide bonds. The summed E-state index contributed by atoms with van der Waals surface area (Å²) in [6, 6.07) is 6.35. The summed E-state index contributed by atoms with van der Waals surface area (Å²) in [5.41, 5.74) is 1.76. The van der Waals surface area contributed by atoms with Gasteiger partial charge in [0.1, 0.15) is 0 Å². The van der Waals surface area contributed by atoms with Crippen LogP contribution in [0, 0.1) is 0 Å². The van der Waals surface area contributed by atoms with Gasteiger partial charge in [-0.1, -0.05) is 18.0 Å². The number of benzene rings is 1. The van der Waals surface area contributed by atoms with Crippen molar-refractivity contribution in [2.24, 2.45) is 0 Å². The molecule has 0 saturated carbocycles. The second kappa shape index (κ2) is 5.74. The third-order valence-corrected chi connectivity index (χ3v) is 4.83. The van der Waals surface area contributed by atoms with E-state index in [1.54, 1.807) is 13.0 Å². The van der Waals surface area contributed by atoms with Crippen LogP contribution in [-0.4, -0.2) is 42.9 Å². The molecule has 0 aliphatic carbocycles. The Kier molecular flexibility index (Phi) is 3.99. The van der Waals surface area contributed by atoms with Crippen molar-refractivity contribution in [3.8, 4) is 0 Å². The Bertz CT molecular complexity index is 517. The SMILES string of the molecule is CC(=O)c1ccc(N2CCN3CCCCC3C2)c(Cl)c1. The Labute approximate surface area is 125 Å². The normalized spacial score (nSPS) is 23.5. The highest BCUT2D eigenvalue weighted by atomic mass is 35.5. The molecular formula is C16H21ClN2O. The lowest BCUT2D eigenvalue weighted by Gasteiger charge is -2.45. The van der Waals surface area contributed by atoms with E-state index in [0.29, 0.717) is 16.6 Å². The fourth-order valence-corrected chi connectivity index (χ4v) is 3.66. The standard InChI is InChI=1S/C16H21ClN2O/c1-12(20)13-5-6-16(15(17)10-13)19-9-8-18-7-3-2-4-14(18)11-19/h5-6,10,14H,2-4,7-9,11H2,1H3. The maximum Gasteiger partial charge on any atom is 0.159 e. The van der Waals surface area contributed by atoms with E-state index in [-0.39, 0.29) is 5.78 Å². The van der Waals surface area contributed by atoms with Gasteiger partial charge in [-0.05, 0) is 44.5 Å². The quantitative estimate of drug-likeness (QED) is 0.782. The number of halogens is 1. The highest BCUT2D eigenvalue weighted by Gasteiger charge is 2.29. The van der Waals surface area contributed by atoms with E-state index < -0.39 is 0 Å². The molecule has 3 rings (SSSR count). The molecule has 3 nitrogen and oxygen atoms in total. The lowest BCUT2D eigenvalue weighted by molar-refractivity contribution is 0.101. The number of fused-ring (bicyclic) bond motifs is 1. The second-order valence-electron chi connectivity index (χ2n) is 5.85. The van der Waals surface area contributed by atoms with Gasteiger partial charge in [-0.15, -0.1) is 0 Å². The summed E-state index contributed by atoms with van der Waals surface area (Å²) >= 11 is 6.37. The van der Waals surface area contributed by atoms with Gasteiger partial charge in [-0.2, -0.15) is 0 Å². The molecule has 1 aromatic carbocycles. The molecule has 20 heavy (non-hydrogen) atoms. The molecule has 2 fully saturated rings. The Hall–Kier alpha value is -1.06. The van der Waals surface area contributed by atoms with Gasteiger partial charge >= 0.3 is 0 Å². The van der Waals surface area contributed by atoms with Crippen molar-refractivity contribution < 1.29 is 4.79 Å². The predicted molar refractivity (Wildman–Crippen MR) is 82.9 cm³/mol. The van der Waals surface area contributed by atoms with Gasteiger partial charge in [0.15, 0.2) is 5.78 Å². The summed E-state index contributed by atoms with van der Waals surface area (Å²) in [4.78, 5) is 16.4. The van der Waals surface area contributed by atoms with Crippen LogP contribution in [0.4, 0.5) is 5.69 Å². The average Bonchev–Trinajstić information content (AvgIpc) is 2.46. The van der Waals surface area contributed by atoms with E-state index in [4.69, 9.17) is 11.6 Å². The minimum absolute atomic E-state index is 0.0653. The molecule has 2 aliphatic rings. The van der Waals surface area contributed by atoms with Crippen molar-refractivity contribution in [1.29, 1.82) is 0 Å². The van der Waals surface area contributed by atoms with E-state index in [0.717, 1.165) is 25.3 Å². The first-order valence-electron chi connectivity index (χ1n) is 7.44. The largest absolute Gasteiger partial charge is 0.367 e.